The summed E-state index contributed by atoms with van der Waals surface area (Å²) in [6.45, 7) is 1.63. The Hall–Kier alpha value is -3.02. The molecule has 2 aromatic carbocycles. The molecule has 0 saturated carbocycles. The third-order valence-corrected chi connectivity index (χ3v) is 3.67. The van der Waals surface area contributed by atoms with Crippen molar-refractivity contribution in [1.82, 2.24) is 15.5 Å². The van der Waals surface area contributed by atoms with Gasteiger partial charge in [-0.1, -0.05) is 36.4 Å². The first-order chi connectivity index (χ1) is 11.5. The van der Waals surface area contributed by atoms with Crippen LogP contribution in [-0.2, 0) is 0 Å². The molecule has 3 rings (SSSR count). The van der Waals surface area contributed by atoms with Crippen molar-refractivity contribution in [2.45, 2.75) is 13.0 Å². The number of carbonyl (C=O) groups excluding carboxylic acids is 1. The lowest BCUT2D eigenvalue weighted by Crippen LogP contribution is -2.27. The average molecular weight is 327 g/mol. The van der Waals surface area contributed by atoms with Gasteiger partial charge in [-0.2, -0.15) is 5.10 Å². The quantitative estimate of drug-likeness (QED) is 0.765. The van der Waals surface area contributed by atoms with Crippen LogP contribution in [0.1, 0.15) is 29.0 Å². The maximum atomic E-state index is 13.8. The van der Waals surface area contributed by atoms with Gasteiger partial charge in [0.1, 0.15) is 17.3 Å². The van der Waals surface area contributed by atoms with Crippen molar-refractivity contribution >= 4 is 5.91 Å². The van der Waals surface area contributed by atoms with Crippen LogP contribution >= 0.6 is 0 Å². The number of amides is 1. The van der Waals surface area contributed by atoms with Crippen molar-refractivity contribution in [1.29, 1.82) is 0 Å². The molecule has 1 aromatic heterocycles. The van der Waals surface area contributed by atoms with E-state index in [9.17, 15) is 13.6 Å². The van der Waals surface area contributed by atoms with E-state index in [0.29, 0.717) is 5.69 Å². The molecule has 0 fully saturated rings. The van der Waals surface area contributed by atoms with Crippen LogP contribution in [0.25, 0.3) is 11.3 Å². The largest absolute Gasteiger partial charge is 0.344 e. The highest BCUT2D eigenvalue weighted by Crippen LogP contribution is 2.20. The molecule has 0 bridgehead atoms. The van der Waals surface area contributed by atoms with Gasteiger partial charge in [-0.25, -0.2) is 8.78 Å². The normalized spacial score (nSPS) is 12.0. The van der Waals surface area contributed by atoms with Gasteiger partial charge in [0.15, 0.2) is 0 Å². The van der Waals surface area contributed by atoms with E-state index in [1.165, 1.54) is 6.07 Å². The first-order valence-electron chi connectivity index (χ1n) is 7.41. The number of halogens is 2. The van der Waals surface area contributed by atoms with Gasteiger partial charge in [0.2, 0.25) is 0 Å². The summed E-state index contributed by atoms with van der Waals surface area (Å²) in [4.78, 5) is 12.3. The number of hydrogen-bond acceptors (Lipinski definition) is 2. The fourth-order valence-corrected chi connectivity index (χ4v) is 2.40. The van der Waals surface area contributed by atoms with E-state index in [2.05, 4.69) is 15.5 Å². The maximum absolute atomic E-state index is 13.8. The molecule has 122 valence electrons. The van der Waals surface area contributed by atoms with Crippen molar-refractivity contribution in [3.63, 3.8) is 0 Å². The predicted octanol–water partition coefficient (Wildman–Crippen LogP) is 3.85. The third kappa shape index (κ3) is 3.32. The second-order valence-electron chi connectivity index (χ2n) is 5.39. The van der Waals surface area contributed by atoms with Gasteiger partial charge in [0.05, 0.1) is 11.7 Å². The lowest BCUT2D eigenvalue weighted by atomic mass is 10.1. The smallest absolute Gasteiger partial charge is 0.269 e. The number of benzene rings is 2. The van der Waals surface area contributed by atoms with Crippen molar-refractivity contribution in [2.75, 3.05) is 0 Å². The number of rotatable bonds is 4. The summed E-state index contributed by atoms with van der Waals surface area (Å²) in [5.41, 5.74) is 2.00. The Labute approximate surface area is 137 Å². The fourth-order valence-electron chi connectivity index (χ4n) is 2.40. The van der Waals surface area contributed by atoms with Crippen LogP contribution in [0.15, 0.2) is 54.6 Å². The first kappa shape index (κ1) is 15.9. The first-order valence-corrected chi connectivity index (χ1v) is 7.41. The van der Waals surface area contributed by atoms with Crippen molar-refractivity contribution in [3.05, 3.63) is 77.5 Å². The van der Waals surface area contributed by atoms with Crippen molar-refractivity contribution in [2.24, 2.45) is 0 Å². The minimum atomic E-state index is -0.697. The molecule has 1 atom stereocenters. The van der Waals surface area contributed by atoms with Crippen molar-refractivity contribution < 1.29 is 13.6 Å². The summed E-state index contributed by atoms with van der Waals surface area (Å²) in [5.74, 6) is -1.77. The minimum absolute atomic E-state index is 0.215. The number of nitrogens with one attached hydrogen (secondary N) is 2. The number of aromatic nitrogens is 2. The molecule has 1 heterocycles. The molecular formula is C18H15F2N3O. The highest BCUT2D eigenvalue weighted by atomic mass is 19.1. The number of H-pyrrole nitrogens is 1. The molecule has 0 aliphatic carbocycles. The second kappa shape index (κ2) is 6.62. The molecule has 3 aromatic rings. The van der Waals surface area contributed by atoms with Gasteiger partial charge < -0.3 is 5.32 Å². The Bertz CT molecular complexity index is 862. The molecule has 0 saturated heterocycles. The van der Waals surface area contributed by atoms with Gasteiger partial charge >= 0.3 is 0 Å². The summed E-state index contributed by atoms with van der Waals surface area (Å²) in [6.07, 6.45) is 0. The zero-order valence-corrected chi connectivity index (χ0v) is 12.9. The predicted molar refractivity (Wildman–Crippen MR) is 86.3 cm³/mol. The summed E-state index contributed by atoms with van der Waals surface area (Å²) >= 11 is 0. The molecule has 0 unspecified atom stereocenters. The number of aromatic amines is 1. The van der Waals surface area contributed by atoms with Crippen LogP contribution in [0.4, 0.5) is 8.78 Å². The van der Waals surface area contributed by atoms with E-state index in [-0.39, 0.29) is 11.3 Å². The van der Waals surface area contributed by atoms with E-state index in [4.69, 9.17) is 0 Å². The molecule has 1 amide bonds. The number of nitrogens with zero attached hydrogens (tertiary/aromatic N) is 1. The SMILES string of the molecule is C[C@@H](NC(=O)c1cc(-c2ccccc2)n[nH]1)c1ccc(F)cc1F. The molecule has 6 heteroatoms. The average Bonchev–Trinajstić information content (AvgIpc) is 3.05. The lowest BCUT2D eigenvalue weighted by molar-refractivity contribution is 0.0934. The molecule has 0 radical (unpaired) electrons. The Morgan fingerprint density at radius 1 is 1.12 bits per heavy atom. The fraction of sp³-hybridized carbons (Fsp3) is 0.111. The monoisotopic (exact) mass is 327 g/mol. The van der Waals surface area contributed by atoms with Gasteiger partial charge in [-0.05, 0) is 19.1 Å². The summed E-state index contributed by atoms with van der Waals surface area (Å²) in [6, 6.07) is 13.7. The van der Waals surface area contributed by atoms with Gasteiger partial charge in [-0.15, -0.1) is 0 Å². The molecule has 2 N–H and O–H groups in total. The van der Waals surface area contributed by atoms with E-state index in [1.807, 2.05) is 30.3 Å². The van der Waals surface area contributed by atoms with Gasteiger partial charge in [-0.3, -0.25) is 9.89 Å². The van der Waals surface area contributed by atoms with Crippen LogP contribution in [0.3, 0.4) is 0 Å². The van der Waals surface area contributed by atoms with Crippen LogP contribution in [0.2, 0.25) is 0 Å². The number of hydrogen-bond donors (Lipinski definition) is 2. The Morgan fingerprint density at radius 2 is 1.88 bits per heavy atom. The van der Waals surface area contributed by atoms with E-state index in [1.54, 1.807) is 13.0 Å². The van der Waals surface area contributed by atoms with Crippen LogP contribution in [-0.4, -0.2) is 16.1 Å². The van der Waals surface area contributed by atoms with E-state index in [0.717, 1.165) is 17.7 Å². The zero-order valence-electron chi connectivity index (χ0n) is 12.9. The third-order valence-electron chi connectivity index (χ3n) is 3.67. The minimum Gasteiger partial charge on any atom is -0.344 e. The number of carbonyl (C=O) groups is 1. The Kier molecular flexibility index (Phi) is 4.37. The summed E-state index contributed by atoms with van der Waals surface area (Å²) in [5, 5.41) is 9.44. The highest BCUT2D eigenvalue weighted by Gasteiger charge is 2.17. The molecule has 0 aliphatic heterocycles. The molecule has 0 spiro atoms. The van der Waals surface area contributed by atoms with Crippen molar-refractivity contribution in [3.8, 4) is 11.3 Å². The summed E-state index contributed by atoms with van der Waals surface area (Å²) < 4.78 is 26.7. The van der Waals surface area contributed by atoms with Crippen LogP contribution in [0.5, 0.6) is 0 Å². The standard InChI is InChI=1S/C18H15F2N3O/c1-11(14-8-7-13(19)9-15(14)20)21-18(24)17-10-16(22-23-17)12-5-3-2-4-6-12/h2-11H,1H3,(H,21,24)(H,22,23)/t11-/m1/s1. The van der Waals surface area contributed by atoms with Gasteiger partial charge in [0.25, 0.3) is 5.91 Å². The van der Waals surface area contributed by atoms with E-state index < -0.39 is 23.6 Å². The second-order valence-corrected chi connectivity index (χ2v) is 5.39. The zero-order chi connectivity index (χ0) is 17.1. The molecule has 24 heavy (non-hydrogen) atoms. The van der Waals surface area contributed by atoms with E-state index >= 15 is 0 Å². The highest BCUT2D eigenvalue weighted by molar-refractivity contribution is 5.93. The van der Waals surface area contributed by atoms with Gasteiger partial charge in [0, 0.05) is 17.2 Å². The van der Waals surface area contributed by atoms with Crippen LogP contribution < -0.4 is 5.32 Å². The lowest BCUT2D eigenvalue weighted by Gasteiger charge is -2.14. The maximum Gasteiger partial charge on any atom is 0.269 e. The Balaban J connectivity index is 1.74. The van der Waals surface area contributed by atoms with Crippen LogP contribution in [0, 0.1) is 11.6 Å². The molecular weight excluding hydrogens is 312 g/mol. The molecule has 0 aliphatic rings. The Morgan fingerprint density at radius 3 is 2.58 bits per heavy atom. The topological polar surface area (TPSA) is 57.8 Å². The summed E-state index contributed by atoms with van der Waals surface area (Å²) in [7, 11) is 0. The molecule has 4 nitrogen and oxygen atoms in total.